The van der Waals surface area contributed by atoms with Crippen LogP contribution in [-0.2, 0) is 10.3 Å². The van der Waals surface area contributed by atoms with Gasteiger partial charge in [0.15, 0.2) is 0 Å². The maximum atomic E-state index is 10.5. The van der Waals surface area contributed by atoms with E-state index in [1.807, 2.05) is 37.3 Å². The lowest BCUT2D eigenvalue weighted by molar-refractivity contribution is 0.0609. The number of rotatable bonds is 2. The summed E-state index contributed by atoms with van der Waals surface area (Å²) < 4.78 is 5.53. The molecular formula is C12H12O2. The van der Waals surface area contributed by atoms with E-state index in [4.69, 9.17) is 4.74 Å². The van der Waals surface area contributed by atoms with Crippen LogP contribution in [0.25, 0.3) is 0 Å². The standard InChI is InChI=1S/C12H12O2/c1-12(7-2-8-14-12)11-5-3-10(9-13)4-6-11/h2-6,8-9H,7H2,1H3/t12-/m1/s1. The molecule has 0 amide bonds. The van der Waals surface area contributed by atoms with E-state index in [-0.39, 0.29) is 5.60 Å². The maximum Gasteiger partial charge on any atom is 0.150 e. The summed E-state index contributed by atoms with van der Waals surface area (Å²) >= 11 is 0. The predicted octanol–water partition coefficient (Wildman–Crippen LogP) is 2.65. The minimum absolute atomic E-state index is 0.249. The molecule has 2 rings (SSSR count). The first-order chi connectivity index (χ1) is 6.74. The molecular weight excluding hydrogens is 176 g/mol. The summed E-state index contributed by atoms with van der Waals surface area (Å²) in [6.45, 7) is 2.04. The number of hydrogen-bond acceptors (Lipinski definition) is 2. The van der Waals surface area contributed by atoms with Gasteiger partial charge in [-0.15, -0.1) is 0 Å². The first-order valence-corrected chi connectivity index (χ1v) is 4.63. The number of benzene rings is 1. The van der Waals surface area contributed by atoms with Crippen LogP contribution < -0.4 is 0 Å². The second-order valence-corrected chi connectivity index (χ2v) is 3.66. The summed E-state index contributed by atoms with van der Waals surface area (Å²) in [6.07, 6.45) is 5.47. The van der Waals surface area contributed by atoms with Gasteiger partial charge in [-0.05, 0) is 18.6 Å². The quantitative estimate of drug-likeness (QED) is 0.667. The molecule has 1 atom stereocenters. The van der Waals surface area contributed by atoms with Crippen molar-refractivity contribution in [3.8, 4) is 0 Å². The predicted molar refractivity (Wildman–Crippen MR) is 54.0 cm³/mol. The third kappa shape index (κ3) is 1.43. The van der Waals surface area contributed by atoms with Crippen LogP contribution >= 0.6 is 0 Å². The molecule has 0 saturated carbocycles. The summed E-state index contributed by atoms with van der Waals surface area (Å²) in [5.74, 6) is 0. The van der Waals surface area contributed by atoms with Gasteiger partial charge in [0.1, 0.15) is 11.9 Å². The second kappa shape index (κ2) is 3.29. The Morgan fingerprint density at radius 3 is 2.57 bits per heavy atom. The van der Waals surface area contributed by atoms with Crippen LogP contribution in [0.2, 0.25) is 0 Å². The lowest BCUT2D eigenvalue weighted by atomic mass is 9.93. The van der Waals surface area contributed by atoms with Gasteiger partial charge in [0.2, 0.25) is 0 Å². The third-order valence-corrected chi connectivity index (χ3v) is 2.59. The van der Waals surface area contributed by atoms with Crippen LogP contribution in [0.15, 0.2) is 36.6 Å². The van der Waals surface area contributed by atoms with E-state index in [2.05, 4.69) is 0 Å². The molecule has 0 aromatic heterocycles. The fourth-order valence-electron chi connectivity index (χ4n) is 1.62. The summed E-state index contributed by atoms with van der Waals surface area (Å²) in [6, 6.07) is 7.51. The Hall–Kier alpha value is -1.57. The largest absolute Gasteiger partial charge is 0.490 e. The Kier molecular flexibility index (Phi) is 2.12. The van der Waals surface area contributed by atoms with Crippen molar-refractivity contribution in [1.29, 1.82) is 0 Å². The van der Waals surface area contributed by atoms with Crippen LogP contribution in [0, 0.1) is 0 Å². The van der Waals surface area contributed by atoms with Gasteiger partial charge < -0.3 is 4.74 Å². The van der Waals surface area contributed by atoms with Gasteiger partial charge in [-0.25, -0.2) is 0 Å². The van der Waals surface area contributed by atoms with Crippen molar-refractivity contribution in [2.24, 2.45) is 0 Å². The molecule has 2 heteroatoms. The Morgan fingerprint density at radius 2 is 2.07 bits per heavy atom. The normalized spacial score (nSPS) is 24.6. The third-order valence-electron chi connectivity index (χ3n) is 2.59. The summed E-state index contributed by atoms with van der Waals surface area (Å²) in [7, 11) is 0. The van der Waals surface area contributed by atoms with Gasteiger partial charge in [-0.2, -0.15) is 0 Å². The molecule has 0 radical (unpaired) electrons. The molecule has 72 valence electrons. The summed E-state index contributed by atoms with van der Waals surface area (Å²) in [5.41, 5.74) is 1.55. The Morgan fingerprint density at radius 1 is 1.36 bits per heavy atom. The van der Waals surface area contributed by atoms with Crippen molar-refractivity contribution in [1.82, 2.24) is 0 Å². The van der Waals surface area contributed by atoms with Crippen molar-refractivity contribution in [3.05, 3.63) is 47.7 Å². The van der Waals surface area contributed by atoms with Gasteiger partial charge in [0.05, 0.1) is 6.26 Å². The Labute approximate surface area is 83.2 Å². The molecule has 0 fully saturated rings. The number of ether oxygens (including phenoxy) is 1. The van der Waals surface area contributed by atoms with Crippen molar-refractivity contribution < 1.29 is 9.53 Å². The van der Waals surface area contributed by atoms with Gasteiger partial charge in [-0.3, -0.25) is 4.79 Å². The highest BCUT2D eigenvalue weighted by Crippen LogP contribution is 2.33. The maximum absolute atomic E-state index is 10.5. The van der Waals surface area contributed by atoms with Gasteiger partial charge in [0.25, 0.3) is 0 Å². The summed E-state index contributed by atoms with van der Waals surface area (Å²) in [4.78, 5) is 10.5. The fraction of sp³-hybridized carbons (Fsp3) is 0.250. The lowest BCUT2D eigenvalue weighted by Crippen LogP contribution is -2.19. The van der Waals surface area contributed by atoms with Crippen LogP contribution in [0.5, 0.6) is 0 Å². The molecule has 14 heavy (non-hydrogen) atoms. The SMILES string of the molecule is C[C@]1(c2ccc(C=O)cc2)CC=CO1. The Bertz CT molecular complexity index is 354. The number of carbonyl (C=O) groups is 1. The molecule has 1 aromatic carbocycles. The van der Waals surface area contributed by atoms with Crippen LogP contribution in [0.4, 0.5) is 0 Å². The molecule has 1 aliphatic rings. The van der Waals surface area contributed by atoms with Crippen molar-refractivity contribution >= 4 is 6.29 Å². The number of carbonyl (C=O) groups excluding carboxylic acids is 1. The molecule has 1 aliphatic heterocycles. The van der Waals surface area contributed by atoms with Crippen molar-refractivity contribution in [2.75, 3.05) is 0 Å². The molecule has 1 heterocycles. The zero-order chi connectivity index (χ0) is 10.0. The van der Waals surface area contributed by atoms with Crippen molar-refractivity contribution in [3.63, 3.8) is 0 Å². The van der Waals surface area contributed by atoms with E-state index < -0.39 is 0 Å². The minimum Gasteiger partial charge on any atom is -0.490 e. The molecule has 0 aliphatic carbocycles. The van der Waals surface area contributed by atoms with E-state index in [0.29, 0.717) is 5.56 Å². The van der Waals surface area contributed by atoms with E-state index >= 15 is 0 Å². The molecule has 1 aromatic rings. The zero-order valence-electron chi connectivity index (χ0n) is 8.07. The lowest BCUT2D eigenvalue weighted by Gasteiger charge is -2.24. The molecule has 0 N–H and O–H groups in total. The van der Waals surface area contributed by atoms with Crippen LogP contribution in [-0.4, -0.2) is 6.29 Å². The van der Waals surface area contributed by atoms with E-state index in [9.17, 15) is 4.79 Å². The highest BCUT2D eigenvalue weighted by molar-refractivity contribution is 5.74. The first-order valence-electron chi connectivity index (χ1n) is 4.63. The second-order valence-electron chi connectivity index (χ2n) is 3.66. The molecule has 0 saturated heterocycles. The van der Waals surface area contributed by atoms with Crippen LogP contribution in [0.1, 0.15) is 29.3 Å². The van der Waals surface area contributed by atoms with Gasteiger partial charge in [-0.1, -0.05) is 24.3 Å². The van der Waals surface area contributed by atoms with Crippen molar-refractivity contribution in [2.45, 2.75) is 18.9 Å². The van der Waals surface area contributed by atoms with E-state index in [1.165, 1.54) is 0 Å². The topological polar surface area (TPSA) is 26.3 Å². The fourth-order valence-corrected chi connectivity index (χ4v) is 1.62. The van der Waals surface area contributed by atoms with Gasteiger partial charge in [0, 0.05) is 12.0 Å². The van der Waals surface area contributed by atoms with E-state index in [1.54, 1.807) is 6.26 Å². The molecule has 0 bridgehead atoms. The number of aldehydes is 1. The molecule has 0 spiro atoms. The average Bonchev–Trinajstić information content (AvgIpc) is 2.67. The smallest absolute Gasteiger partial charge is 0.150 e. The minimum atomic E-state index is -0.249. The van der Waals surface area contributed by atoms with E-state index in [0.717, 1.165) is 18.3 Å². The number of hydrogen-bond donors (Lipinski definition) is 0. The monoisotopic (exact) mass is 188 g/mol. The van der Waals surface area contributed by atoms with Crippen LogP contribution in [0.3, 0.4) is 0 Å². The molecule has 0 unspecified atom stereocenters. The van der Waals surface area contributed by atoms with Gasteiger partial charge >= 0.3 is 0 Å². The average molecular weight is 188 g/mol. The highest BCUT2D eigenvalue weighted by Gasteiger charge is 2.29. The zero-order valence-corrected chi connectivity index (χ0v) is 8.07. The Balaban J connectivity index is 2.28. The highest BCUT2D eigenvalue weighted by atomic mass is 16.5. The summed E-state index contributed by atoms with van der Waals surface area (Å²) in [5, 5.41) is 0. The molecule has 2 nitrogen and oxygen atoms in total. The first kappa shape index (κ1) is 9.00.